The molecule has 4 rings (SSSR count). The summed E-state index contributed by atoms with van der Waals surface area (Å²) in [4.78, 5) is 41.0. The second kappa shape index (κ2) is 12.0. The number of likely N-dealkylation sites (tertiary alicyclic amines) is 1. The van der Waals surface area contributed by atoms with Crippen molar-refractivity contribution in [1.82, 2.24) is 10.2 Å². The lowest BCUT2D eigenvalue weighted by Crippen LogP contribution is -2.49. The summed E-state index contributed by atoms with van der Waals surface area (Å²) in [7, 11) is -2.32. The second-order valence-corrected chi connectivity index (χ2v) is 12.5. The fourth-order valence-electron chi connectivity index (χ4n) is 5.14. The van der Waals surface area contributed by atoms with E-state index in [9.17, 15) is 37.0 Å². The SMILES string of the molecule is N#CC1(NC(=O)[C@@H]2C[C@@H](C(=O)S(=O)c3ccc(OCC(F)(F)F)cc3Cl)CN2C(=O)CC2CCC(N)CC2)CC1. The molecule has 0 spiro atoms. The molecule has 0 aromatic heterocycles. The van der Waals surface area contributed by atoms with Crippen LogP contribution < -0.4 is 15.8 Å². The summed E-state index contributed by atoms with van der Waals surface area (Å²) >= 11 is 6.12. The van der Waals surface area contributed by atoms with Crippen molar-refractivity contribution in [3.05, 3.63) is 23.2 Å². The lowest BCUT2D eigenvalue weighted by Gasteiger charge is -2.29. The zero-order valence-corrected chi connectivity index (χ0v) is 23.1. The maximum atomic E-state index is 13.3. The number of nitrogens with zero attached hydrogens (tertiary/aromatic N) is 2. The molecular formula is C26H30ClF3N4O5S. The number of benzene rings is 1. The first-order chi connectivity index (χ1) is 18.8. The van der Waals surface area contributed by atoms with Gasteiger partial charge < -0.3 is 20.7 Å². The lowest BCUT2D eigenvalue weighted by atomic mass is 9.84. The molecule has 3 aliphatic rings. The molecule has 1 unspecified atom stereocenters. The Morgan fingerprint density at radius 2 is 1.90 bits per heavy atom. The molecule has 1 aromatic carbocycles. The van der Waals surface area contributed by atoms with Crippen molar-refractivity contribution in [1.29, 1.82) is 5.26 Å². The van der Waals surface area contributed by atoms with Gasteiger partial charge >= 0.3 is 6.18 Å². The lowest BCUT2D eigenvalue weighted by molar-refractivity contribution is -0.153. The summed E-state index contributed by atoms with van der Waals surface area (Å²) in [5, 5.41) is 11.1. The third-order valence-corrected chi connectivity index (χ3v) is 9.51. The highest BCUT2D eigenvalue weighted by Crippen LogP contribution is 2.37. The van der Waals surface area contributed by atoms with Gasteiger partial charge in [0, 0.05) is 19.0 Å². The van der Waals surface area contributed by atoms with Gasteiger partial charge in [-0.05, 0) is 69.1 Å². The van der Waals surface area contributed by atoms with Crippen molar-refractivity contribution in [2.24, 2.45) is 17.6 Å². The molecular weight excluding hydrogens is 573 g/mol. The molecule has 3 fully saturated rings. The van der Waals surface area contributed by atoms with Crippen LogP contribution in [0, 0.1) is 23.2 Å². The number of alkyl halides is 3. The van der Waals surface area contributed by atoms with Gasteiger partial charge in [-0.25, -0.2) is 4.21 Å². The van der Waals surface area contributed by atoms with E-state index in [2.05, 4.69) is 16.1 Å². The quantitative estimate of drug-likeness (QED) is 0.465. The summed E-state index contributed by atoms with van der Waals surface area (Å²) in [6, 6.07) is 4.49. The fourth-order valence-corrected chi connectivity index (χ4v) is 6.64. The Kier molecular flexibility index (Phi) is 9.11. The number of carbonyl (C=O) groups is 3. The number of ether oxygens (including phenoxy) is 1. The fraction of sp³-hybridized carbons (Fsp3) is 0.615. The second-order valence-electron chi connectivity index (χ2n) is 10.7. The number of hydrogen-bond donors (Lipinski definition) is 2. The number of nitrogens with two attached hydrogens (primary N) is 1. The van der Waals surface area contributed by atoms with Crippen LogP contribution in [0.25, 0.3) is 0 Å². The molecule has 9 nitrogen and oxygen atoms in total. The topological polar surface area (TPSA) is 143 Å². The smallest absolute Gasteiger partial charge is 0.422 e. The van der Waals surface area contributed by atoms with E-state index in [1.165, 1.54) is 4.90 Å². The van der Waals surface area contributed by atoms with E-state index in [1.807, 2.05) is 0 Å². The van der Waals surface area contributed by atoms with Crippen LogP contribution in [0.4, 0.5) is 13.2 Å². The van der Waals surface area contributed by atoms with Crippen LogP contribution in [-0.2, 0) is 25.2 Å². The summed E-state index contributed by atoms with van der Waals surface area (Å²) in [5.41, 5.74) is 4.99. The molecule has 2 saturated carbocycles. The molecule has 2 aliphatic carbocycles. The number of nitriles is 1. The average molecular weight is 603 g/mol. The molecule has 3 N–H and O–H groups in total. The standard InChI is InChI=1S/C26H30ClF3N4O5S/c27-19-11-18(39-14-26(28,29)30)5-6-21(19)40(38)24(37)16-10-20(23(36)33-25(13-31)7-8-25)34(12-16)22(35)9-15-1-3-17(32)4-2-15/h5-6,11,15-17,20H,1-4,7-10,12,14,32H2,(H,33,36)/t15?,16-,17?,20+,40?/m1/s1. The maximum absolute atomic E-state index is 13.3. The largest absolute Gasteiger partial charge is 0.484 e. The zero-order valence-electron chi connectivity index (χ0n) is 21.5. The van der Waals surface area contributed by atoms with Crippen LogP contribution in [0.1, 0.15) is 51.4 Å². The van der Waals surface area contributed by atoms with Crippen molar-refractivity contribution < 1.29 is 36.5 Å². The Morgan fingerprint density at radius 3 is 2.48 bits per heavy atom. The summed E-state index contributed by atoms with van der Waals surface area (Å²) in [6.07, 6.45) is -0.308. The molecule has 1 aromatic rings. The average Bonchev–Trinajstić information content (AvgIpc) is 3.53. The number of halogens is 4. The first kappa shape index (κ1) is 30.3. The van der Waals surface area contributed by atoms with Gasteiger partial charge in [0.15, 0.2) is 6.61 Å². The number of rotatable bonds is 8. The van der Waals surface area contributed by atoms with Gasteiger partial charge in [0.25, 0.3) is 0 Å². The van der Waals surface area contributed by atoms with Crippen LogP contribution in [0.15, 0.2) is 23.1 Å². The van der Waals surface area contributed by atoms with E-state index in [1.54, 1.807) is 0 Å². The minimum Gasteiger partial charge on any atom is -0.484 e. The maximum Gasteiger partial charge on any atom is 0.422 e. The molecule has 3 atom stereocenters. The van der Waals surface area contributed by atoms with Gasteiger partial charge in [-0.2, -0.15) is 18.4 Å². The predicted molar refractivity (Wildman–Crippen MR) is 138 cm³/mol. The Morgan fingerprint density at radius 1 is 1.23 bits per heavy atom. The van der Waals surface area contributed by atoms with E-state index >= 15 is 0 Å². The Labute approximate surface area is 237 Å². The van der Waals surface area contributed by atoms with Crippen LogP contribution in [0.5, 0.6) is 5.75 Å². The Bertz CT molecular complexity index is 1230. The van der Waals surface area contributed by atoms with Crippen molar-refractivity contribution >= 4 is 39.3 Å². The first-order valence-electron chi connectivity index (χ1n) is 13.0. The van der Waals surface area contributed by atoms with Crippen LogP contribution in [0.3, 0.4) is 0 Å². The van der Waals surface area contributed by atoms with Crippen molar-refractivity contribution in [3.63, 3.8) is 0 Å². The third-order valence-electron chi connectivity index (χ3n) is 7.63. The van der Waals surface area contributed by atoms with Crippen LogP contribution in [0.2, 0.25) is 5.02 Å². The molecule has 14 heteroatoms. The summed E-state index contributed by atoms with van der Waals surface area (Å²) in [5.74, 6) is -1.89. The van der Waals surface area contributed by atoms with Crippen LogP contribution in [-0.4, -0.2) is 63.0 Å². The minimum absolute atomic E-state index is 0.0798. The molecule has 2 amide bonds. The highest BCUT2D eigenvalue weighted by Gasteiger charge is 2.49. The molecule has 1 saturated heterocycles. The van der Waals surface area contributed by atoms with Gasteiger partial charge in [0.2, 0.25) is 16.9 Å². The molecule has 1 heterocycles. The van der Waals surface area contributed by atoms with E-state index in [4.69, 9.17) is 17.3 Å². The van der Waals surface area contributed by atoms with Gasteiger partial charge in [0.05, 0.1) is 21.9 Å². The minimum atomic E-state index is -4.56. The van der Waals surface area contributed by atoms with Crippen molar-refractivity contribution in [3.8, 4) is 11.8 Å². The van der Waals surface area contributed by atoms with Gasteiger partial charge in [-0.3, -0.25) is 14.4 Å². The van der Waals surface area contributed by atoms with Gasteiger partial charge in [-0.1, -0.05) is 11.6 Å². The summed E-state index contributed by atoms with van der Waals surface area (Å²) in [6.45, 7) is -1.67. The van der Waals surface area contributed by atoms with E-state index in [0.29, 0.717) is 12.8 Å². The van der Waals surface area contributed by atoms with E-state index in [-0.39, 0.29) is 52.9 Å². The normalized spacial score (nSPS) is 26.4. The van der Waals surface area contributed by atoms with Crippen molar-refractivity contribution in [2.75, 3.05) is 13.2 Å². The molecule has 40 heavy (non-hydrogen) atoms. The molecule has 218 valence electrons. The third kappa shape index (κ3) is 7.33. The van der Waals surface area contributed by atoms with E-state index < -0.39 is 52.1 Å². The Balaban J connectivity index is 1.47. The van der Waals surface area contributed by atoms with E-state index in [0.717, 1.165) is 43.9 Å². The van der Waals surface area contributed by atoms with Gasteiger partial charge in [0.1, 0.15) is 28.1 Å². The molecule has 0 radical (unpaired) electrons. The number of carbonyl (C=O) groups excluding carboxylic acids is 3. The van der Waals surface area contributed by atoms with Crippen LogP contribution >= 0.6 is 11.6 Å². The highest BCUT2D eigenvalue weighted by atomic mass is 35.5. The zero-order chi connectivity index (χ0) is 29.2. The summed E-state index contributed by atoms with van der Waals surface area (Å²) < 4.78 is 55.1. The molecule has 1 aliphatic heterocycles. The molecule has 0 bridgehead atoms. The Hall–Kier alpha value is -2.69. The number of hydrogen-bond acceptors (Lipinski definition) is 7. The van der Waals surface area contributed by atoms with Gasteiger partial charge in [-0.15, -0.1) is 0 Å². The first-order valence-corrected chi connectivity index (χ1v) is 14.6. The predicted octanol–water partition coefficient (Wildman–Crippen LogP) is 3.21. The monoisotopic (exact) mass is 602 g/mol. The van der Waals surface area contributed by atoms with Crippen molar-refractivity contribution in [2.45, 2.75) is 80.1 Å². The number of amides is 2. The number of nitrogens with one attached hydrogen (secondary N) is 1. The highest BCUT2D eigenvalue weighted by molar-refractivity contribution is 8.00.